The zero-order chi connectivity index (χ0) is 11.2. The molecule has 0 aromatic rings. The van der Waals surface area contributed by atoms with Crippen LogP contribution in [0.3, 0.4) is 0 Å². The van der Waals surface area contributed by atoms with Gasteiger partial charge in [-0.2, -0.15) is 0 Å². The molecule has 0 aliphatic heterocycles. The van der Waals surface area contributed by atoms with E-state index in [9.17, 15) is 4.79 Å². The Hall–Kier alpha value is -0.250. The lowest BCUT2D eigenvalue weighted by atomic mass is 10.2. The van der Waals surface area contributed by atoms with Crippen LogP contribution in [0.25, 0.3) is 0 Å². The maximum absolute atomic E-state index is 11.3. The maximum Gasteiger partial charge on any atom is 0.408 e. The van der Waals surface area contributed by atoms with E-state index in [2.05, 4.69) is 28.2 Å². The first-order valence-electron chi connectivity index (χ1n) is 4.98. The number of hydrogen-bond acceptors (Lipinski definition) is 2. The summed E-state index contributed by atoms with van der Waals surface area (Å²) in [6.07, 6.45) is 2.77. The summed E-state index contributed by atoms with van der Waals surface area (Å²) in [4.78, 5) is 11.3. The highest BCUT2D eigenvalue weighted by molar-refractivity contribution is 9.09. The molecule has 4 heteroatoms. The predicted molar refractivity (Wildman–Crippen MR) is 61.6 cm³/mol. The maximum atomic E-state index is 11.3. The first kappa shape index (κ1) is 13.8. The molecule has 0 saturated carbocycles. The van der Waals surface area contributed by atoms with E-state index in [0.29, 0.717) is 0 Å². The van der Waals surface area contributed by atoms with E-state index in [1.54, 1.807) is 0 Å². The Balaban J connectivity index is 3.71. The highest BCUT2D eigenvalue weighted by Crippen LogP contribution is 2.10. The second kappa shape index (κ2) is 6.27. The molecule has 0 bridgehead atoms. The zero-order valence-corrected chi connectivity index (χ0v) is 11.0. The smallest absolute Gasteiger partial charge is 0.408 e. The number of carbonyl (C=O) groups excluding carboxylic acids is 1. The fourth-order valence-electron chi connectivity index (χ4n) is 0.891. The molecule has 1 unspecified atom stereocenters. The third-order valence-electron chi connectivity index (χ3n) is 1.48. The number of alkyl halides is 1. The van der Waals surface area contributed by atoms with Gasteiger partial charge >= 0.3 is 6.09 Å². The topological polar surface area (TPSA) is 38.3 Å². The van der Waals surface area contributed by atoms with Crippen LogP contribution in [-0.2, 0) is 4.74 Å². The number of nitrogens with one attached hydrogen (secondary N) is 1. The fourth-order valence-corrected chi connectivity index (χ4v) is 1.40. The molecule has 84 valence electrons. The molecule has 1 atom stereocenters. The molecule has 0 aliphatic rings. The van der Waals surface area contributed by atoms with Crippen LogP contribution in [0.1, 0.15) is 47.0 Å². The van der Waals surface area contributed by atoms with Gasteiger partial charge < -0.3 is 10.1 Å². The summed E-state index contributed by atoms with van der Waals surface area (Å²) in [5, 5.41) is 2.73. The molecule has 0 saturated heterocycles. The molecule has 0 rings (SSSR count). The van der Waals surface area contributed by atoms with Crippen molar-refractivity contribution in [2.75, 3.05) is 0 Å². The summed E-state index contributed by atoms with van der Waals surface area (Å²) in [7, 11) is 0. The third kappa shape index (κ3) is 8.35. The monoisotopic (exact) mass is 265 g/mol. The quantitative estimate of drug-likeness (QED) is 0.625. The summed E-state index contributed by atoms with van der Waals surface area (Å²) >= 11 is 3.38. The Morgan fingerprint density at radius 2 is 2.07 bits per heavy atom. The molecule has 0 heterocycles. The standard InChI is InChI=1S/C10H20BrNO2/c1-5-6-7-8(11)12-9(13)14-10(2,3)4/h8H,5-7H2,1-4H3,(H,12,13). The van der Waals surface area contributed by atoms with E-state index in [1.807, 2.05) is 20.8 Å². The minimum Gasteiger partial charge on any atom is -0.444 e. The molecule has 3 nitrogen and oxygen atoms in total. The molecule has 0 spiro atoms. The Morgan fingerprint density at radius 3 is 2.50 bits per heavy atom. The predicted octanol–water partition coefficient (Wildman–Crippen LogP) is 3.42. The van der Waals surface area contributed by atoms with Gasteiger partial charge in [-0.25, -0.2) is 4.79 Å². The Bertz CT molecular complexity index is 177. The number of carbonyl (C=O) groups is 1. The zero-order valence-electron chi connectivity index (χ0n) is 9.39. The highest BCUT2D eigenvalue weighted by Gasteiger charge is 2.17. The molecule has 0 aliphatic carbocycles. The van der Waals surface area contributed by atoms with Gasteiger partial charge in [0.15, 0.2) is 0 Å². The van der Waals surface area contributed by atoms with Crippen molar-refractivity contribution in [1.82, 2.24) is 5.32 Å². The van der Waals surface area contributed by atoms with Crippen molar-refractivity contribution in [2.45, 2.75) is 57.5 Å². The van der Waals surface area contributed by atoms with Gasteiger partial charge in [0.25, 0.3) is 0 Å². The summed E-state index contributed by atoms with van der Waals surface area (Å²) in [6, 6.07) is 0. The molecule has 0 aromatic heterocycles. The first-order chi connectivity index (χ1) is 6.35. The Labute approximate surface area is 94.7 Å². The number of alkyl carbamates (subject to hydrolysis) is 1. The lowest BCUT2D eigenvalue weighted by Crippen LogP contribution is -2.36. The van der Waals surface area contributed by atoms with E-state index in [0.717, 1.165) is 19.3 Å². The van der Waals surface area contributed by atoms with Crippen molar-refractivity contribution in [1.29, 1.82) is 0 Å². The van der Waals surface area contributed by atoms with Gasteiger partial charge in [0, 0.05) is 0 Å². The van der Waals surface area contributed by atoms with Crippen LogP contribution in [0, 0.1) is 0 Å². The van der Waals surface area contributed by atoms with Crippen molar-refractivity contribution in [3.05, 3.63) is 0 Å². The number of halogens is 1. The number of rotatable bonds is 4. The van der Waals surface area contributed by atoms with Gasteiger partial charge in [-0.15, -0.1) is 0 Å². The van der Waals surface area contributed by atoms with Gasteiger partial charge in [0.1, 0.15) is 5.60 Å². The molecular formula is C10H20BrNO2. The highest BCUT2D eigenvalue weighted by atomic mass is 79.9. The van der Waals surface area contributed by atoms with Gasteiger partial charge in [-0.1, -0.05) is 35.7 Å². The van der Waals surface area contributed by atoms with Gasteiger partial charge in [-0.05, 0) is 27.2 Å². The SMILES string of the molecule is CCCCC(Br)NC(=O)OC(C)(C)C. The van der Waals surface area contributed by atoms with E-state index >= 15 is 0 Å². The normalized spacial score (nSPS) is 13.5. The summed E-state index contributed by atoms with van der Waals surface area (Å²) in [5.41, 5.74) is -0.429. The van der Waals surface area contributed by atoms with Crippen molar-refractivity contribution in [3.63, 3.8) is 0 Å². The lowest BCUT2D eigenvalue weighted by Gasteiger charge is -2.21. The minimum atomic E-state index is -0.429. The van der Waals surface area contributed by atoms with Crippen molar-refractivity contribution in [3.8, 4) is 0 Å². The van der Waals surface area contributed by atoms with E-state index < -0.39 is 5.60 Å². The van der Waals surface area contributed by atoms with Crippen LogP contribution in [0.5, 0.6) is 0 Å². The minimum absolute atomic E-state index is 0.0114. The van der Waals surface area contributed by atoms with Crippen LogP contribution in [0.15, 0.2) is 0 Å². The summed E-state index contributed by atoms with van der Waals surface area (Å²) in [6.45, 7) is 7.67. The first-order valence-corrected chi connectivity index (χ1v) is 5.90. The molecule has 0 aromatic carbocycles. The lowest BCUT2D eigenvalue weighted by molar-refractivity contribution is 0.0521. The third-order valence-corrected chi connectivity index (χ3v) is 2.17. The van der Waals surface area contributed by atoms with E-state index in [4.69, 9.17) is 4.74 Å². The van der Waals surface area contributed by atoms with E-state index in [1.165, 1.54) is 0 Å². The number of amides is 1. The average Bonchev–Trinajstić information content (AvgIpc) is 1.96. The summed E-state index contributed by atoms with van der Waals surface area (Å²) < 4.78 is 5.11. The largest absolute Gasteiger partial charge is 0.444 e. The molecule has 0 radical (unpaired) electrons. The van der Waals surface area contributed by atoms with Crippen LogP contribution in [0.2, 0.25) is 0 Å². The molecular weight excluding hydrogens is 246 g/mol. The van der Waals surface area contributed by atoms with Crippen LogP contribution in [-0.4, -0.2) is 16.6 Å². The number of ether oxygens (including phenoxy) is 1. The fraction of sp³-hybridized carbons (Fsp3) is 0.900. The van der Waals surface area contributed by atoms with Crippen LogP contribution in [0.4, 0.5) is 4.79 Å². The van der Waals surface area contributed by atoms with Crippen LogP contribution >= 0.6 is 15.9 Å². The number of unbranched alkanes of at least 4 members (excludes halogenated alkanes) is 1. The van der Waals surface area contributed by atoms with Gasteiger partial charge in [0.2, 0.25) is 0 Å². The van der Waals surface area contributed by atoms with Crippen molar-refractivity contribution >= 4 is 22.0 Å². The average molecular weight is 266 g/mol. The number of hydrogen-bond donors (Lipinski definition) is 1. The molecule has 14 heavy (non-hydrogen) atoms. The van der Waals surface area contributed by atoms with Crippen molar-refractivity contribution < 1.29 is 9.53 Å². The van der Waals surface area contributed by atoms with E-state index in [-0.39, 0.29) is 11.0 Å². The second-order valence-corrected chi connectivity index (χ2v) is 5.36. The van der Waals surface area contributed by atoms with Crippen LogP contribution < -0.4 is 5.32 Å². The molecule has 1 N–H and O–H groups in total. The Morgan fingerprint density at radius 1 is 1.50 bits per heavy atom. The van der Waals surface area contributed by atoms with Gasteiger partial charge in [0.05, 0.1) is 4.95 Å². The second-order valence-electron chi connectivity index (χ2n) is 4.26. The van der Waals surface area contributed by atoms with Crippen molar-refractivity contribution in [2.24, 2.45) is 0 Å². The Kier molecular flexibility index (Phi) is 6.16. The molecule has 0 fully saturated rings. The summed E-state index contributed by atoms with van der Waals surface area (Å²) in [5.74, 6) is 0. The van der Waals surface area contributed by atoms with Gasteiger partial charge in [-0.3, -0.25) is 0 Å². The molecule has 1 amide bonds.